The number of aromatic nitrogens is 1. The zero-order chi connectivity index (χ0) is 16.5. The van der Waals surface area contributed by atoms with Crippen LogP contribution in [0.4, 0.5) is 0 Å². The number of hydrazine groups is 1. The van der Waals surface area contributed by atoms with Crippen LogP contribution >= 0.6 is 11.6 Å². The highest BCUT2D eigenvalue weighted by Gasteiger charge is 2.27. The van der Waals surface area contributed by atoms with Gasteiger partial charge in [-0.15, -0.1) is 0 Å². The fraction of sp³-hybridized carbons (Fsp3) is 0.500. The first-order valence-electron chi connectivity index (χ1n) is 8.55. The van der Waals surface area contributed by atoms with Crippen LogP contribution in [0.25, 0.3) is 5.57 Å². The van der Waals surface area contributed by atoms with E-state index in [2.05, 4.69) is 39.2 Å². The number of allylic oxidation sites excluding steroid dienone is 1. The van der Waals surface area contributed by atoms with Crippen molar-refractivity contribution in [1.82, 2.24) is 19.9 Å². The lowest BCUT2D eigenvalue weighted by Crippen LogP contribution is -2.47. The van der Waals surface area contributed by atoms with Crippen molar-refractivity contribution in [2.75, 3.05) is 46.4 Å². The summed E-state index contributed by atoms with van der Waals surface area (Å²) >= 11 is 6.51. The Morgan fingerprint density at radius 1 is 1.21 bits per heavy atom. The third-order valence-electron chi connectivity index (χ3n) is 4.96. The highest BCUT2D eigenvalue weighted by Crippen LogP contribution is 2.36. The Morgan fingerprint density at radius 2 is 2.04 bits per heavy atom. The lowest BCUT2D eigenvalue weighted by atomic mass is 9.93. The number of morpholine rings is 1. The lowest BCUT2D eigenvalue weighted by molar-refractivity contribution is -0.0677. The van der Waals surface area contributed by atoms with E-state index in [0.717, 1.165) is 68.6 Å². The van der Waals surface area contributed by atoms with E-state index >= 15 is 0 Å². The highest BCUT2D eigenvalue weighted by molar-refractivity contribution is 6.31. The monoisotopic (exact) mass is 346 g/mol. The molecule has 0 bridgehead atoms. The van der Waals surface area contributed by atoms with Gasteiger partial charge in [0.15, 0.2) is 0 Å². The van der Waals surface area contributed by atoms with Crippen molar-refractivity contribution in [2.45, 2.75) is 13.0 Å². The van der Waals surface area contributed by atoms with Crippen LogP contribution in [-0.4, -0.2) is 66.3 Å². The first-order chi connectivity index (χ1) is 11.7. The molecule has 0 spiro atoms. The molecule has 3 aliphatic rings. The topological polar surface area (TPSA) is 31.8 Å². The maximum absolute atomic E-state index is 6.51. The van der Waals surface area contributed by atoms with Crippen LogP contribution in [0.15, 0.2) is 30.1 Å². The molecule has 128 valence electrons. The van der Waals surface area contributed by atoms with Gasteiger partial charge in [0.25, 0.3) is 0 Å². The second kappa shape index (κ2) is 6.84. The fourth-order valence-electron chi connectivity index (χ4n) is 3.51. The normalized spacial score (nSPS) is 22.8. The van der Waals surface area contributed by atoms with Crippen molar-refractivity contribution in [3.05, 3.63) is 46.4 Å². The summed E-state index contributed by atoms with van der Waals surface area (Å²) < 4.78 is 5.49. The van der Waals surface area contributed by atoms with Gasteiger partial charge in [-0.2, -0.15) is 0 Å². The van der Waals surface area contributed by atoms with Crippen LogP contribution < -0.4 is 0 Å². The van der Waals surface area contributed by atoms with E-state index in [4.69, 9.17) is 16.3 Å². The molecule has 0 amide bonds. The summed E-state index contributed by atoms with van der Waals surface area (Å²) in [4.78, 5) is 6.99. The van der Waals surface area contributed by atoms with Crippen LogP contribution in [-0.2, 0) is 11.3 Å². The minimum atomic E-state index is 0.776. The Balaban J connectivity index is 1.72. The second-order valence-electron chi connectivity index (χ2n) is 6.57. The Morgan fingerprint density at radius 3 is 2.79 bits per heavy atom. The molecule has 5 nitrogen and oxygen atoms in total. The summed E-state index contributed by atoms with van der Waals surface area (Å²) in [6.45, 7) is 6.23. The Bertz CT molecular complexity index is 682. The van der Waals surface area contributed by atoms with Gasteiger partial charge in [0.2, 0.25) is 0 Å². The predicted octanol–water partition coefficient (Wildman–Crippen LogP) is 2.40. The summed E-state index contributed by atoms with van der Waals surface area (Å²) in [5.74, 6) is 0. The largest absolute Gasteiger partial charge is 0.379 e. The standard InChI is InChI=1S/C18H23ClN4O/c1-21-6-3-14(4-7-21)15-12-23(22-8-10-24-11-9-22)13-16-17(19)2-5-20-18(15)16/h2-3,5,12H,4,6-11,13H2,1H3. The number of halogens is 1. The minimum absolute atomic E-state index is 0.776. The summed E-state index contributed by atoms with van der Waals surface area (Å²) in [6.07, 6.45) is 7.44. The molecular weight excluding hydrogens is 324 g/mol. The third-order valence-corrected chi connectivity index (χ3v) is 5.32. The van der Waals surface area contributed by atoms with Crippen LogP contribution in [0.3, 0.4) is 0 Å². The van der Waals surface area contributed by atoms with Crippen molar-refractivity contribution in [3.63, 3.8) is 0 Å². The van der Waals surface area contributed by atoms with Gasteiger partial charge in [-0.05, 0) is 25.1 Å². The summed E-state index contributed by atoms with van der Waals surface area (Å²) in [6, 6.07) is 1.89. The zero-order valence-corrected chi connectivity index (χ0v) is 14.8. The molecule has 0 aliphatic carbocycles. The maximum Gasteiger partial charge on any atom is 0.0785 e. The average molecular weight is 347 g/mol. The number of pyridine rings is 1. The molecule has 0 atom stereocenters. The number of hydrogen-bond acceptors (Lipinski definition) is 5. The van der Waals surface area contributed by atoms with Crippen LogP contribution in [0.5, 0.6) is 0 Å². The van der Waals surface area contributed by atoms with E-state index in [-0.39, 0.29) is 0 Å². The second-order valence-corrected chi connectivity index (χ2v) is 6.98. The number of nitrogens with zero attached hydrogens (tertiary/aromatic N) is 4. The quantitative estimate of drug-likeness (QED) is 0.821. The van der Waals surface area contributed by atoms with Crippen molar-refractivity contribution in [2.24, 2.45) is 0 Å². The molecule has 0 N–H and O–H groups in total. The van der Waals surface area contributed by atoms with E-state index in [1.807, 2.05) is 12.3 Å². The van der Waals surface area contributed by atoms with E-state index in [1.165, 1.54) is 11.1 Å². The molecule has 3 aliphatic heterocycles. The first kappa shape index (κ1) is 16.1. The van der Waals surface area contributed by atoms with Gasteiger partial charge in [0.05, 0.1) is 25.5 Å². The number of rotatable bonds is 2. The smallest absolute Gasteiger partial charge is 0.0785 e. The van der Waals surface area contributed by atoms with Gasteiger partial charge in [-0.3, -0.25) is 4.98 Å². The maximum atomic E-state index is 6.51. The number of hydrogen-bond donors (Lipinski definition) is 0. The van der Waals surface area contributed by atoms with E-state index < -0.39 is 0 Å². The average Bonchev–Trinajstić information content (AvgIpc) is 2.63. The van der Waals surface area contributed by atoms with E-state index in [9.17, 15) is 0 Å². The molecule has 4 rings (SSSR count). The van der Waals surface area contributed by atoms with Crippen LogP contribution in [0, 0.1) is 0 Å². The first-order valence-corrected chi connectivity index (χ1v) is 8.93. The molecule has 1 fully saturated rings. The SMILES string of the molecule is CN1CC=C(C2=CN(N3CCOCC3)Cc3c(Cl)ccnc32)CC1. The summed E-state index contributed by atoms with van der Waals surface area (Å²) in [5, 5.41) is 5.45. The number of fused-ring (bicyclic) bond motifs is 1. The molecule has 24 heavy (non-hydrogen) atoms. The third kappa shape index (κ3) is 3.09. The summed E-state index contributed by atoms with van der Waals surface area (Å²) in [5.41, 5.74) is 4.77. The number of likely N-dealkylation sites (N-methyl/N-ethyl adjacent to an activating group) is 1. The highest BCUT2D eigenvalue weighted by atomic mass is 35.5. The van der Waals surface area contributed by atoms with Gasteiger partial charge in [-0.25, -0.2) is 5.01 Å². The van der Waals surface area contributed by atoms with Crippen molar-refractivity contribution < 1.29 is 4.74 Å². The van der Waals surface area contributed by atoms with E-state index in [0.29, 0.717) is 0 Å². The molecular formula is C18H23ClN4O. The molecule has 4 heterocycles. The Hall–Kier alpha value is -1.40. The molecule has 0 saturated carbocycles. The minimum Gasteiger partial charge on any atom is -0.379 e. The van der Waals surface area contributed by atoms with Gasteiger partial charge < -0.3 is 14.6 Å². The molecule has 1 aromatic heterocycles. The molecule has 0 unspecified atom stereocenters. The van der Waals surface area contributed by atoms with Gasteiger partial charge in [-0.1, -0.05) is 17.7 Å². The predicted molar refractivity (Wildman–Crippen MR) is 95.4 cm³/mol. The molecule has 6 heteroatoms. The fourth-order valence-corrected chi connectivity index (χ4v) is 3.72. The zero-order valence-electron chi connectivity index (χ0n) is 14.0. The molecule has 0 aromatic carbocycles. The van der Waals surface area contributed by atoms with Crippen LogP contribution in [0.1, 0.15) is 17.7 Å². The van der Waals surface area contributed by atoms with Crippen molar-refractivity contribution >= 4 is 17.2 Å². The van der Waals surface area contributed by atoms with Crippen LogP contribution in [0.2, 0.25) is 5.02 Å². The van der Waals surface area contributed by atoms with E-state index in [1.54, 1.807) is 0 Å². The molecule has 1 saturated heterocycles. The van der Waals surface area contributed by atoms with Crippen molar-refractivity contribution in [1.29, 1.82) is 0 Å². The van der Waals surface area contributed by atoms with Crippen molar-refractivity contribution in [3.8, 4) is 0 Å². The Labute approximate surface area is 148 Å². The molecule has 0 radical (unpaired) electrons. The van der Waals surface area contributed by atoms with Gasteiger partial charge >= 0.3 is 0 Å². The Kier molecular flexibility index (Phi) is 4.59. The summed E-state index contributed by atoms with van der Waals surface area (Å²) in [7, 11) is 2.16. The molecule has 1 aromatic rings. The lowest BCUT2D eigenvalue weighted by Gasteiger charge is -2.40. The van der Waals surface area contributed by atoms with Gasteiger partial charge in [0, 0.05) is 54.7 Å². The van der Waals surface area contributed by atoms with Gasteiger partial charge in [0.1, 0.15) is 0 Å². The number of ether oxygens (including phenoxy) is 1.